The van der Waals surface area contributed by atoms with E-state index in [9.17, 15) is 9.59 Å². The van der Waals surface area contributed by atoms with Crippen LogP contribution in [0.3, 0.4) is 0 Å². The third kappa shape index (κ3) is 6.29. The van der Waals surface area contributed by atoms with Gasteiger partial charge in [0.05, 0.1) is 0 Å². The third-order valence-corrected chi connectivity index (χ3v) is 6.80. The number of likely N-dealkylation sites (N-methyl/N-ethyl adjacent to an activating group) is 1. The summed E-state index contributed by atoms with van der Waals surface area (Å²) in [7, 11) is 0. The zero-order chi connectivity index (χ0) is 25.3. The Labute approximate surface area is 214 Å². The Morgan fingerprint density at radius 1 is 0.889 bits per heavy atom. The Morgan fingerprint density at radius 3 is 2.14 bits per heavy atom. The Balaban J connectivity index is 1.52. The summed E-state index contributed by atoms with van der Waals surface area (Å²) in [6.45, 7) is 7.95. The second kappa shape index (κ2) is 12.3. The minimum Gasteiger partial charge on any atom is -0.353 e. The Bertz CT molecular complexity index is 1170. The highest BCUT2D eigenvalue weighted by atomic mass is 16.2. The summed E-state index contributed by atoms with van der Waals surface area (Å²) >= 11 is 0. The van der Waals surface area contributed by atoms with E-state index >= 15 is 0 Å². The van der Waals surface area contributed by atoms with Crippen LogP contribution in [0, 0.1) is 0 Å². The number of nitrogens with zero attached hydrogens (tertiary/aromatic N) is 2. The predicted molar refractivity (Wildman–Crippen MR) is 147 cm³/mol. The molecular formula is C31H35N3O2. The van der Waals surface area contributed by atoms with Crippen LogP contribution in [0.5, 0.6) is 0 Å². The van der Waals surface area contributed by atoms with Crippen molar-refractivity contribution in [2.24, 2.45) is 0 Å². The van der Waals surface area contributed by atoms with Gasteiger partial charge in [-0.25, -0.2) is 0 Å². The molecule has 0 bridgehead atoms. The molecule has 1 unspecified atom stereocenters. The topological polar surface area (TPSA) is 52.7 Å². The van der Waals surface area contributed by atoms with Gasteiger partial charge in [0.15, 0.2) is 0 Å². The van der Waals surface area contributed by atoms with Crippen molar-refractivity contribution in [2.75, 3.05) is 32.7 Å². The lowest BCUT2D eigenvalue weighted by Gasteiger charge is -2.24. The molecule has 1 heterocycles. The van der Waals surface area contributed by atoms with Crippen molar-refractivity contribution in [1.29, 1.82) is 0 Å². The monoisotopic (exact) mass is 481 g/mol. The molecule has 0 aliphatic carbocycles. The first-order valence-corrected chi connectivity index (χ1v) is 12.8. The summed E-state index contributed by atoms with van der Waals surface area (Å²) in [5, 5.41) is 3.07. The molecule has 0 aromatic heterocycles. The Morgan fingerprint density at radius 2 is 1.50 bits per heavy atom. The number of rotatable bonds is 9. The predicted octanol–water partition coefficient (Wildman–Crippen LogP) is 5.11. The van der Waals surface area contributed by atoms with Crippen molar-refractivity contribution in [1.82, 2.24) is 15.1 Å². The second-order valence-corrected chi connectivity index (χ2v) is 9.13. The first-order chi connectivity index (χ1) is 17.6. The van der Waals surface area contributed by atoms with E-state index in [2.05, 4.69) is 42.3 Å². The molecule has 1 N–H and O–H groups in total. The summed E-state index contributed by atoms with van der Waals surface area (Å²) in [4.78, 5) is 30.8. The highest BCUT2D eigenvalue weighted by Crippen LogP contribution is 2.28. The van der Waals surface area contributed by atoms with Gasteiger partial charge in [0.2, 0.25) is 5.91 Å². The zero-order valence-corrected chi connectivity index (χ0v) is 21.2. The lowest BCUT2D eigenvalue weighted by atomic mass is 10.0. The number of likely N-dealkylation sites (tertiary alicyclic amines) is 1. The third-order valence-electron chi connectivity index (χ3n) is 6.80. The molecule has 1 aliphatic heterocycles. The zero-order valence-electron chi connectivity index (χ0n) is 21.2. The maximum Gasteiger partial charge on any atom is 0.254 e. The highest BCUT2D eigenvalue weighted by molar-refractivity contribution is 5.99. The van der Waals surface area contributed by atoms with E-state index in [-0.39, 0.29) is 11.8 Å². The molecule has 3 aromatic rings. The first-order valence-electron chi connectivity index (χ1n) is 12.8. The standard InChI is InChI=1S/C31H35N3O2/c1-3-33(4-2)20-19-32-30(35)29-22-25(21-24-11-7-5-8-12-24)23-34(29)31(36)28-17-15-27(16-18-28)26-13-9-6-10-14-26/h5-18,21,29H,3-4,19-20,22-23H2,1-2H3,(H,32,35). The van der Waals surface area contributed by atoms with Gasteiger partial charge in [-0.3, -0.25) is 9.59 Å². The number of amides is 2. The maximum atomic E-state index is 13.6. The number of hydrogen-bond acceptors (Lipinski definition) is 3. The molecule has 1 atom stereocenters. The molecule has 36 heavy (non-hydrogen) atoms. The quantitative estimate of drug-likeness (QED) is 0.462. The van der Waals surface area contributed by atoms with Crippen LogP contribution in [0.15, 0.2) is 90.5 Å². The Hall–Kier alpha value is -3.70. The van der Waals surface area contributed by atoms with Crippen LogP contribution in [0.1, 0.15) is 36.2 Å². The second-order valence-electron chi connectivity index (χ2n) is 9.13. The normalized spacial score (nSPS) is 16.5. The largest absolute Gasteiger partial charge is 0.353 e. The lowest BCUT2D eigenvalue weighted by Crippen LogP contribution is -2.47. The number of hydrogen-bond donors (Lipinski definition) is 1. The van der Waals surface area contributed by atoms with Gasteiger partial charge >= 0.3 is 0 Å². The molecule has 186 valence electrons. The molecule has 5 heteroatoms. The number of nitrogens with one attached hydrogen (secondary N) is 1. The van der Waals surface area contributed by atoms with Gasteiger partial charge in [0.1, 0.15) is 6.04 Å². The van der Waals surface area contributed by atoms with Gasteiger partial charge in [-0.15, -0.1) is 0 Å². The van der Waals surface area contributed by atoms with Gasteiger partial charge < -0.3 is 15.1 Å². The lowest BCUT2D eigenvalue weighted by molar-refractivity contribution is -0.124. The van der Waals surface area contributed by atoms with Crippen LogP contribution in [0.25, 0.3) is 17.2 Å². The molecule has 0 saturated carbocycles. The molecule has 1 aliphatic rings. The smallest absolute Gasteiger partial charge is 0.254 e. The molecule has 1 fully saturated rings. The van der Waals surface area contributed by atoms with Crippen molar-refractivity contribution in [2.45, 2.75) is 26.3 Å². The van der Waals surface area contributed by atoms with Crippen molar-refractivity contribution in [3.63, 3.8) is 0 Å². The molecule has 5 nitrogen and oxygen atoms in total. The van der Waals surface area contributed by atoms with Crippen LogP contribution in [0.2, 0.25) is 0 Å². The van der Waals surface area contributed by atoms with Crippen molar-refractivity contribution in [3.8, 4) is 11.1 Å². The average molecular weight is 482 g/mol. The van der Waals surface area contributed by atoms with E-state index in [1.54, 1.807) is 4.90 Å². The van der Waals surface area contributed by atoms with Gasteiger partial charge in [-0.05, 0) is 53.9 Å². The van der Waals surface area contributed by atoms with Crippen LogP contribution in [-0.2, 0) is 4.79 Å². The number of benzene rings is 3. The SMILES string of the molecule is CCN(CC)CCNC(=O)C1CC(=Cc2ccccc2)CN1C(=O)c1ccc(-c2ccccc2)cc1. The van der Waals surface area contributed by atoms with Gasteiger partial charge in [-0.2, -0.15) is 0 Å². The number of carbonyl (C=O) groups excluding carboxylic acids is 2. The molecule has 0 radical (unpaired) electrons. The first kappa shape index (κ1) is 25.4. The molecule has 4 rings (SSSR count). The van der Waals surface area contributed by atoms with Gasteiger partial charge in [0.25, 0.3) is 5.91 Å². The minimum absolute atomic E-state index is 0.0899. The molecular weight excluding hydrogens is 446 g/mol. The number of carbonyl (C=O) groups is 2. The fourth-order valence-corrected chi connectivity index (χ4v) is 4.69. The van der Waals surface area contributed by atoms with E-state index < -0.39 is 6.04 Å². The average Bonchev–Trinajstić information content (AvgIpc) is 3.35. The van der Waals surface area contributed by atoms with E-state index in [1.807, 2.05) is 72.8 Å². The summed E-state index contributed by atoms with van der Waals surface area (Å²) in [6.07, 6.45) is 2.64. The van der Waals surface area contributed by atoms with Crippen LogP contribution in [-0.4, -0.2) is 60.4 Å². The summed E-state index contributed by atoms with van der Waals surface area (Å²) in [6, 6.07) is 27.3. The Kier molecular flexibility index (Phi) is 8.69. The minimum atomic E-state index is -0.516. The van der Waals surface area contributed by atoms with E-state index in [0.29, 0.717) is 25.1 Å². The highest BCUT2D eigenvalue weighted by Gasteiger charge is 2.37. The van der Waals surface area contributed by atoms with Crippen molar-refractivity contribution in [3.05, 3.63) is 102 Å². The van der Waals surface area contributed by atoms with Gasteiger partial charge in [-0.1, -0.05) is 92.7 Å². The summed E-state index contributed by atoms with van der Waals surface area (Å²) in [5.41, 5.74) is 4.92. The molecule has 0 spiro atoms. The van der Waals surface area contributed by atoms with Crippen molar-refractivity contribution < 1.29 is 9.59 Å². The van der Waals surface area contributed by atoms with Crippen LogP contribution in [0.4, 0.5) is 0 Å². The summed E-state index contributed by atoms with van der Waals surface area (Å²) < 4.78 is 0. The van der Waals surface area contributed by atoms with Crippen molar-refractivity contribution >= 4 is 17.9 Å². The van der Waals surface area contributed by atoms with E-state index in [4.69, 9.17) is 0 Å². The fourth-order valence-electron chi connectivity index (χ4n) is 4.69. The van der Waals surface area contributed by atoms with Crippen LogP contribution < -0.4 is 5.32 Å². The molecule has 2 amide bonds. The fraction of sp³-hybridized carbons (Fsp3) is 0.290. The molecule has 1 saturated heterocycles. The van der Waals surface area contributed by atoms with E-state index in [0.717, 1.165) is 41.9 Å². The van der Waals surface area contributed by atoms with E-state index in [1.165, 1.54) is 0 Å². The van der Waals surface area contributed by atoms with Gasteiger partial charge in [0, 0.05) is 25.2 Å². The molecule has 3 aromatic carbocycles. The maximum absolute atomic E-state index is 13.6. The summed E-state index contributed by atoms with van der Waals surface area (Å²) in [5.74, 6) is -0.206. The van der Waals surface area contributed by atoms with Crippen LogP contribution >= 0.6 is 0 Å².